The molecule has 0 bridgehead atoms. The van der Waals surface area contributed by atoms with E-state index < -0.39 is 23.5 Å². The average Bonchev–Trinajstić information content (AvgIpc) is 3.05. The summed E-state index contributed by atoms with van der Waals surface area (Å²) in [6.07, 6.45) is 0.665. The van der Waals surface area contributed by atoms with Crippen molar-refractivity contribution >= 4 is 17.4 Å². The molecule has 2 aromatic rings. The van der Waals surface area contributed by atoms with Crippen molar-refractivity contribution in [2.45, 2.75) is 19.4 Å². The maximum absolute atomic E-state index is 14.8. The average molecular weight is 440 g/mol. The molecule has 2 aliphatic rings. The van der Waals surface area contributed by atoms with Crippen LogP contribution in [0.3, 0.4) is 0 Å². The standard InChI is InChI=1S/C25H27FN2O4/c1-17-7-9-18(10-8-17)23(29)21-22(19-5-2-3-6-20(19)26)28(25(31)24(21)30)12-4-11-27-13-15-32-16-14-27/h2-3,5-10,22,29H,4,11-16H2,1H3/p+1. The lowest BCUT2D eigenvalue weighted by atomic mass is 9.94. The fraction of sp³-hybridized carbons (Fsp3) is 0.360. The highest BCUT2D eigenvalue weighted by molar-refractivity contribution is 6.46. The minimum absolute atomic E-state index is 0.0670. The summed E-state index contributed by atoms with van der Waals surface area (Å²) in [5.74, 6) is -2.28. The minimum atomic E-state index is -0.961. The number of carbonyl (C=O) groups excluding carboxylic acids is 2. The Morgan fingerprint density at radius 1 is 1.12 bits per heavy atom. The number of aliphatic hydroxyl groups is 1. The highest BCUT2D eigenvalue weighted by Gasteiger charge is 2.46. The Morgan fingerprint density at radius 2 is 1.81 bits per heavy atom. The molecule has 7 heteroatoms. The molecule has 168 valence electrons. The molecule has 1 amide bonds. The second-order valence-electron chi connectivity index (χ2n) is 8.35. The first-order valence-corrected chi connectivity index (χ1v) is 11.0. The van der Waals surface area contributed by atoms with E-state index in [-0.39, 0.29) is 16.9 Å². The van der Waals surface area contributed by atoms with Crippen molar-refractivity contribution in [1.29, 1.82) is 0 Å². The van der Waals surface area contributed by atoms with Gasteiger partial charge in [-0.25, -0.2) is 4.39 Å². The van der Waals surface area contributed by atoms with Gasteiger partial charge in [-0.05, 0) is 13.0 Å². The van der Waals surface area contributed by atoms with E-state index in [4.69, 9.17) is 4.74 Å². The maximum Gasteiger partial charge on any atom is 0.295 e. The number of hydrogen-bond acceptors (Lipinski definition) is 4. The normalized spacial score (nSPS) is 21.3. The van der Waals surface area contributed by atoms with Crippen LogP contribution in [0, 0.1) is 12.7 Å². The Bertz CT molecular complexity index is 1030. The van der Waals surface area contributed by atoms with Gasteiger partial charge in [0.15, 0.2) is 0 Å². The number of amides is 1. The lowest BCUT2D eigenvalue weighted by molar-refractivity contribution is -0.908. The van der Waals surface area contributed by atoms with Gasteiger partial charge in [-0.15, -0.1) is 0 Å². The third-order valence-corrected chi connectivity index (χ3v) is 6.19. The van der Waals surface area contributed by atoms with E-state index in [9.17, 15) is 19.1 Å². The molecule has 2 aromatic carbocycles. The zero-order valence-corrected chi connectivity index (χ0v) is 18.1. The van der Waals surface area contributed by atoms with Crippen molar-refractivity contribution in [2.24, 2.45) is 0 Å². The molecular formula is C25H28FN2O4+. The first-order chi connectivity index (χ1) is 15.5. The van der Waals surface area contributed by atoms with E-state index in [1.807, 2.05) is 19.1 Å². The number of morpholine rings is 1. The van der Waals surface area contributed by atoms with E-state index in [1.165, 1.54) is 15.9 Å². The fourth-order valence-corrected chi connectivity index (χ4v) is 4.41. The molecule has 0 aromatic heterocycles. The van der Waals surface area contributed by atoms with Crippen LogP contribution in [0.25, 0.3) is 5.76 Å². The van der Waals surface area contributed by atoms with Crippen LogP contribution in [0.4, 0.5) is 4.39 Å². The van der Waals surface area contributed by atoms with Crippen molar-refractivity contribution in [3.05, 3.63) is 76.6 Å². The van der Waals surface area contributed by atoms with Gasteiger partial charge < -0.3 is 19.6 Å². The maximum atomic E-state index is 14.8. The monoisotopic (exact) mass is 439 g/mol. The third kappa shape index (κ3) is 4.45. The van der Waals surface area contributed by atoms with Crippen LogP contribution in [0.15, 0.2) is 54.1 Å². The van der Waals surface area contributed by atoms with E-state index in [2.05, 4.69) is 0 Å². The van der Waals surface area contributed by atoms with Crippen molar-refractivity contribution in [3.8, 4) is 0 Å². The summed E-state index contributed by atoms with van der Waals surface area (Å²) < 4.78 is 20.2. The Morgan fingerprint density at radius 3 is 2.50 bits per heavy atom. The van der Waals surface area contributed by atoms with Gasteiger partial charge in [-0.3, -0.25) is 9.59 Å². The van der Waals surface area contributed by atoms with Crippen LogP contribution in [-0.2, 0) is 14.3 Å². The molecule has 1 unspecified atom stereocenters. The third-order valence-electron chi connectivity index (χ3n) is 6.19. The molecule has 1 atom stereocenters. The smallest absolute Gasteiger partial charge is 0.295 e. The molecule has 2 fully saturated rings. The molecular weight excluding hydrogens is 411 g/mol. The van der Waals surface area contributed by atoms with Gasteiger partial charge in [0, 0.05) is 24.1 Å². The molecule has 32 heavy (non-hydrogen) atoms. The van der Waals surface area contributed by atoms with Gasteiger partial charge in [-0.2, -0.15) is 0 Å². The summed E-state index contributed by atoms with van der Waals surface area (Å²) >= 11 is 0. The van der Waals surface area contributed by atoms with Crippen molar-refractivity contribution in [1.82, 2.24) is 4.90 Å². The molecule has 6 nitrogen and oxygen atoms in total. The number of aryl methyl sites for hydroxylation is 1. The summed E-state index contributed by atoms with van der Waals surface area (Å²) in [5.41, 5.74) is 1.56. The molecule has 0 aliphatic carbocycles. The van der Waals surface area contributed by atoms with Gasteiger partial charge >= 0.3 is 0 Å². The molecule has 2 heterocycles. The zero-order valence-electron chi connectivity index (χ0n) is 18.1. The number of likely N-dealkylation sites (tertiary alicyclic amines) is 1. The first-order valence-electron chi connectivity index (χ1n) is 11.0. The molecule has 4 rings (SSSR count). The van der Waals surface area contributed by atoms with Gasteiger partial charge in [0.2, 0.25) is 0 Å². The summed E-state index contributed by atoms with van der Waals surface area (Å²) in [6.45, 7) is 6.29. The number of nitrogens with zero attached hydrogens (tertiary/aromatic N) is 1. The fourth-order valence-electron chi connectivity index (χ4n) is 4.41. The van der Waals surface area contributed by atoms with Gasteiger partial charge in [0.05, 0.1) is 31.4 Å². The Balaban J connectivity index is 1.68. The van der Waals surface area contributed by atoms with Gasteiger partial charge in [0.1, 0.15) is 24.7 Å². The summed E-state index contributed by atoms with van der Waals surface area (Å²) in [4.78, 5) is 28.8. The van der Waals surface area contributed by atoms with Crippen LogP contribution in [0.2, 0.25) is 0 Å². The highest BCUT2D eigenvalue weighted by Crippen LogP contribution is 2.40. The minimum Gasteiger partial charge on any atom is -0.507 e. The highest BCUT2D eigenvalue weighted by atomic mass is 19.1. The van der Waals surface area contributed by atoms with Crippen molar-refractivity contribution < 1.29 is 28.7 Å². The summed E-state index contributed by atoms with van der Waals surface area (Å²) in [6, 6.07) is 12.2. The van der Waals surface area contributed by atoms with Crippen LogP contribution in [-0.4, -0.2) is 61.1 Å². The zero-order chi connectivity index (χ0) is 22.7. The molecule has 2 aliphatic heterocycles. The Hall–Kier alpha value is -3.03. The Labute approximate surface area is 186 Å². The second kappa shape index (κ2) is 9.63. The van der Waals surface area contributed by atoms with Crippen LogP contribution < -0.4 is 4.90 Å². The number of carbonyl (C=O) groups is 2. The predicted molar refractivity (Wildman–Crippen MR) is 118 cm³/mol. The largest absolute Gasteiger partial charge is 0.507 e. The Kier molecular flexibility index (Phi) is 6.67. The van der Waals surface area contributed by atoms with E-state index in [0.717, 1.165) is 25.2 Å². The second-order valence-corrected chi connectivity index (χ2v) is 8.35. The molecule has 0 spiro atoms. The number of aliphatic hydroxyl groups excluding tert-OH is 1. The molecule has 2 N–H and O–H groups in total. The van der Waals surface area contributed by atoms with Crippen molar-refractivity contribution in [3.63, 3.8) is 0 Å². The summed E-state index contributed by atoms with van der Waals surface area (Å²) in [5, 5.41) is 11.0. The number of rotatable bonds is 6. The number of quaternary nitrogens is 1. The van der Waals surface area contributed by atoms with E-state index in [1.54, 1.807) is 30.3 Å². The van der Waals surface area contributed by atoms with E-state index in [0.29, 0.717) is 31.7 Å². The van der Waals surface area contributed by atoms with Crippen LogP contribution >= 0.6 is 0 Å². The van der Waals surface area contributed by atoms with Crippen LogP contribution in [0.1, 0.15) is 29.2 Å². The number of nitrogens with one attached hydrogen (secondary N) is 1. The van der Waals surface area contributed by atoms with Gasteiger partial charge in [0.25, 0.3) is 11.7 Å². The predicted octanol–water partition coefficient (Wildman–Crippen LogP) is 1.86. The summed E-state index contributed by atoms with van der Waals surface area (Å²) in [7, 11) is 0. The number of halogens is 1. The number of hydrogen-bond donors (Lipinski definition) is 2. The first kappa shape index (κ1) is 22.2. The van der Waals surface area contributed by atoms with Crippen LogP contribution in [0.5, 0.6) is 0 Å². The number of Topliss-reactive ketones (excluding diaryl/α,β-unsaturated/α-hetero) is 1. The topological polar surface area (TPSA) is 71.3 Å². The van der Waals surface area contributed by atoms with E-state index >= 15 is 0 Å². The molecule has 2 saturated heterocycles. The molecule has 0 saturated carbocycles. The van der Waals surface area contributed by atoms with Crippen molar-refractivity contribution in [2.75, 3.05) is 39.4 Å². The van der Waals surface area contributed by atoms with Gasteiger partial charge in [-0.1, -0.05) is 48.0 Å². The lowest BCUT2D eigenvalue weighted by Crippen LogP contribution is -3.14. The quantitative estimate of drug-likeness (QED) is 0.410. The SMILES string of the molecule is Cc1ccc(C(O)=C2C(=O)C(=O)N(CCC[NH+]3CCOCC3)C2c2ccccc2F)cc1. The number of benzene rings is 2. The number of ether oxygens (including phenoxy) is 1. The number of ketones is 1. The molecule has 0 radical (unpaired) electrons. The lowest BCUT2D eigenvalue weighted by Gasteiger charge is -2.27.